The van der Waals surface area contributed by atoms with Crippen LogP contribution in [0.1, 0.15) is 82.3 Å². The highest BCUT2D eigenvalue weighted by Gasteiger charge is 2.29. The fourth-order valence-corrected chi connectivity index (χ4v) is 6.08. The highest BCUT2D eigenvalue weighted by Crippen LogP contribution is 2.42. The van der Waals surface area contributed by atoms with E-state index in [-0.39, 0.29) is 6.67 Å². The quantitative estimate of drug-likeness (QED) is 0.400. The lowest BCUT2D eigenvalue weighted by atomic mass is 9.69. The average molecular weight is 421 g/mol. The average Bonchev–Trinajstić information content (AvgIpc) is 2.83. The number of rotatable bonds is 8. The van der Waals surface area contributed by atoms with Gasteiger partial charge in [-0.2, -0.15) is 0 Å². The molecule has 0 saturated heterocycles. The second-order valence-electron chi connectivity index (χ2n) is 10.5. The topological polar surface area (TPSA) is 0 Å². The summed E-state index contributed by atoms with van der Waals surface area (Å²) >= 11 is 0. The summed E-state index contributed by atoms with van der Waals surface area (Å²) in [5, 5.41) is 0. The monoisotopic (exact) mass is 420 g/mol. The van der Waals surface area contributed by atoms with Crippen LogP contribution in [0.5, 0.6) is 0 Å². The summed E-state index contributed by atoms with van der Waals surface area (Å²) in [6, 6.07) is 17.8. The van der Waals surface area contributed by atoms with Crippen LogP contribution in [0, 0.1) is 23.7 Å². The molecule has 0 heterocycles. The molecule has 0 spiro atoms. The number of alkyl halides is 1. The van der Waals surface area contributed by atoms with E-state index in [0.717, 1.165) is 30.1 Å². The molecule has 2 aliphatic rings. The fourth-order valence-electron chi connectivity index (χ4n) is 6.08. The van der Waals surface area contributed by atoms with Crippen LogP contribution >= 0.6 is 0 Å². The van der Waals surface area contributed by atoms with E-state index in [0.29, 0.717) is 6.42 Å². The standard InChI is InChI=1S/C30H41F/c1-23-4-14-27(15-5-23)28-18-10-25(11-19-28)6-7-26-12-20-30(21-13-26)29-16-8-24(9-17-29)3-2-22-31/h8-9,12-13,16-17,20-21,23,25,27-28H,2-7,10-11,14-15,18-19,22H2,1H3/t23-,25-,27-,28-. The molecule has 2 aromatic carbocycles. The third-order valence-electron chi connectivity index (χ3n) is 8.30. The van der Waals surface area contributed by atoms with Gasteiger partial charge in [-0.15, -0.1) is 0 Å². The van der Waals surface area contributed by atoms with Crippen LogP contribution in [0.3, 0.4) is 0 Å². The van der Waals surface area contributed by atoms with E-state index in [4.69, 9.17) is 0 Å². The van der Waals surface area contributed by atoms with Crippen LogP contribution in [0.2, 0.25) is 0 Å². The van der Waals surface area contributed by atoms with Crippen LogP contribution in [0.15, 0.2) is 48.5 Å². The minimum atomic E-state index is -0.232. The zero-order valence-electron chi connectivity index (χ0n) is 19.5. The Morgan fingerprint density at radius 1 is 0.645 bits per heavy atom. The molecule has 1 heteroatoms. The molecule has 0 amide bonds. The minimum absolute atomic E-state index is 0.232. The van der Waals surface area contributed by atoms with Gasteiger partial charge in [0.15, 0.2) is 0 Å². The Morgan fingerprint density at radius 3 is 1.65 bits per heavy atom. The van der Waals surface area contributed by atoms with Crippen molar-refractivity contribution in [2.75, 3.05) is 6.67 Å². The van der Waals surface area contributed by atoms with E-state index in [1.165, 1.54) is 86.5 Å². The second kappa shape index (κ2) is 11.3. The second-order valence-corrected chi connectivity index (χ2v) is 10.5. The molecule has 2 fully saturated rings. The molecule has 2 aromatic rings. The van der Waals surface area contributed by atoms with Gasteiger partial charge in [-0.1, -0.05) is 81.1 Å². The molecular formula is C30H41F. The lowest BCUT2D eigenvalue weighted by Gasteiger charge is -2.37. The molecule has 31 heavy (non-hydrogen) atoms. The van der Waals surface area contributed by atoms with Crippen molar-refractivity contribution in [3.8, 4) is 11.1 Å². The molecule has 0 aromatic heterocycles. The molecule has 0 aliphatic heterocycles. The van der Waals surface area contributed by atoms with Gasteiger partial charge in [0.25, 0.3) is 0 Å². The summed E-state index contributed by atoms with van der Waals surface area (Å²) in [7, 11) is 0. The Balaban J connectivity index is 1.21. The van der Waals surface area contributed by atoms with Crippen molar-refractivity contribution < 1.29 is 4.39 Å². The first-order valence-corrected chi connectivity index (χ1v) is 13.0. The van der Waals surface area contributed by atoms with Gasteiger partial charge in [-0.3, -0.25) is 4.39 Å². The van der Waals surface area contributed by atoms with Gasteiger partial charge in [0.05, 0.1) is 6.67 Å². The summed E-state index contributed by atoms with van der Waals surface area (Å²) in [5.41, 5.74) is 5.24. The third kappa shape index (κ3) is 6.43. The Hall–Kier alpha value is -1.63. The number of hydrogen-bond donors (Lipinski definition) is 0. The van der Waals surface area contributed by atoms with Crippen molar-refractivity contribution in [2.24, 2.45) is 23.7 Å². The van der Waals surface area contributed by atoms with Crippen molar-refractivity contribution in [3.05, 3.63) is 59.7 Å². The Bertz CT molecular complexity index is 759. The minimum Gasteiger partial charge on any atom is -0.251 e. The maximum absolute atomic E-state index is 12.3. The highest BCUT2D eigenvalue weighted by atomic mass is 19.1. The van der Waals surface area contributed by atoms with Gasteiger partial charge in [0.2, 0.25) is 0 Å². The van der Waals surface area contributed by atoms with Crippen LogP contribution in [-0.4, -0.2) is 6.67 Å². The van der Waals surface area contributed by atoms with Crippen molar-refractivity contribution in [1.29, 1.82) is 0 Å². The zero-order chi connectivity index (χ0) is 21.5. The number of hydrogen-bond acceptors (Lipinski definition) is 0. The molecule has 4 rings (SSSR count). The van der Waals surface area contributed by atoms with Crippen LogP contribution < -0.4 is 0 Å². The van der Waals surface area contributed by atoms with E-state index in [1.54, 1.807) is 0 Å². The molecule has 0 bridgehead atoms. The van der Waals surface area contributed by atoms with E-state index >= 15 is 0 Å². The first-order chi connectivity index (χ1) is 15.2. The predicted octanol–water partition coefficient (Wildman–Crippen LogP) is 8.82. The molecule has 0 N–H and O–H groups in total. The Kier molecular flexibility index (Phi) is 8.22. The summed E-state index contributed by atoms with van der Waals surface area (Å²) in [4.78, 5) is 0. The number of halogens is 1. The molecule has 2 saturated carbocycles. The van der Waals surface area contributed by atoms with E-state index in [9.17, 15) is 4.39 Å². The molecule has 0 unspecified atom stereocenters. The number of benzene rings is 2. The van der Waals surface area contributed by atoms with Gasteiger partial charge in [-0.25, -0.2) is 0 Å². The fraction of sp³-hybridized carbons (Fsp3) is 0.600. The lowest BCUT2D eigenvalue weighted by Crippen LogP contribution is -2.25. The van der Waals surface area contributed by atoms with Crippen LogP contribution in [0.4, 0.5) is 4.39 Å². The van der Waals surface area contributed by atoms with Crippen LogP contribution in [0.25, 0.3) is 11.1 Å². The van der Waals surface area contributed by atoms with E-state index < -0.39 is 0 Å². The summed E-state index contributed by atoms with van der Waals surface area (Å²) in [6.45, 7) is 2.21. The van der Waals surface area contributed by atoms with E-state index in [2.05, 4.69) is 55.5 Å². The predicted molar refractivity (Wildman–Crippen MR) is 131 cm³/mol. The normalized spacial score (nSPS) is 26.6. The van der Waals surface area contributed by atoms with Gasteiger partial charge in [0.1, 0.15) is 0 Å². The van der Waals surface area contributed by atoms with Gasteiger partial charge >= 0.3 is 0 Å². The number of aryl methyl sites for hydroxylation is 2. The first kappa shape index (κ1) is 22.6. The van der Waals surface area contributed by atoms with Gasteiger partial charge in [-0.05, 0) is 97.3 Å². The summed E-state index contributed by atoms with van der Waals surface area (Å²) < 4.78 is 12.3. The van der Waals surface area contributed by atoms with Crippen molar-refractivity contribution in [1.82, 2.24) is 0 Å². The third-order valence-corrected chi connectivity index (χ3v) is 8.30. The van der Waals surface area contributed by atoms with Crippen molar-refractivity contribution in [3.63, 3.8) is 0 Å². The van der Waals surface area contributed by atoms with Crippen LogP contribution in [-0.2, 0) is 12.8 Å². The van der Waals surface area contributed by atoms with Gasteiger partial charge < -0.3 is 0 Å². The van der Waals surface area contributed by atoms with E-state index in [1.807, 2.05) is 0 Å². The maximum atomic E-state index is 12.3. The highest BCUT2D eigenvalue weighted by molar-refractivity contribution is 5.64. The van der Waals surface area contributed by atoms with Gasteiger partial charge in [0, 0.05) is 0 Å². The van der Waals surface area contributed by atoms with Crippen molar-refractivity contribution in [2.45, 2.75) is 84.0 Å². The zero-order valence-corrected chi connectivity index (χ0v) is 19.5. The molecule has 0 radical (unpaired) electrons. The first-order valence-electron chi connectivity index (χ1n) is 13.0. The SMILES string of the molecule is C[C@H]1CC[C@H]([C@H]2CC[C@H](CCc3ccc(-c4ccc(CCCF)cc4)cc3)CC2)CC1. The lowest BCUT2D eigenvalue weighted by molar-refractivity contribution is 0.148. The smallest absolute Gasteiger partial charge is 0.0897 e. The summed E-state index contributed by atoms with van der Waals surface area (Å²) in [5.74, 6) is 4.00. The Morgan fingerprint density at radius 2 is 1.13 bits per heavy atom. The largest absolute Gasteiger partial charge is 0.251 e. The molecule has 0 atom stereocenters. The Labute approximate surface area is 189 Å². The molecular weight excluding hydrogens is 379 g/mol. The summed E-state index contributed by atoms with van der Waals surface area (Å²) in [6.07, 6.45) is 15.9. The molecule has 168 valence electrons. The molecule has 2 aliphatic carbocycles. The molecule has 0 nitrogen and oxygen atoms in total. The maximum Gasteiger partial charge on any atom is 0.0897 e. The van der Waals surface area contributed by atoms with Crippen molar-refractivity contribution >= 4 is 0 Å².